The van der Waals surface area contributed by atoms with Crippen molar-refractivity contribution in [2.24, 2.45) is 0 Å². The van der Waals surface area contributed by atoms with Crippen molar-refractivity contribution in [2.45, 2.75) is 13.8 Å². The Kier molecular flexibility index (Phi) is 2.67. The zero-order chi connectivity index (χ0) is 13.4. The van der Waals surface area contributed by atoms with E-state index in [1.54, 1.807) is 0 Å². The van der Waals surface area contributed by atoms with Gasteiger partial charge in [0.05, 0.1) is 5.69 Å². The summed E-state index contributed by atoms with van der Waals surface area (Å²) in [5.41, 5.74) is 4.42. The van der Waals surface area contributed by atoms with Crippen molar-refractivity contribution in [2.75, 3.05) is 12.4 Å². The van der Waals surface area contributed by atoms with Crippen molar-refractivity contribution >= 4 is 17.0 Å². The molecule has 0 amide bonds. The van der Waals surface area contributed by atoms with E-state index in [4.69, 9.17) is 4.42 Å². The topological polar surface area (TPSA) is 63.8 Å². The lowest BCUT2D eigenvalue weighted by Crippen LogP contribution is -1.99. The Morgan fingerprint density at radius 3 is 2.68 bits per heavy atom. The Labute approximate surface area is 110 Å². The highest BCUT2D eigenvalue weighted by molar-refractivity contribution is 5.79. The van der Waals surface area contributed by atoms with E-state index in [1.807, 2.05) is 45.2 Å². The summed E-state index contributed by atoms with van der Waals surface area (Å²) in [6.45, 7) is 3.79. The van der Waals surface area contributed by atoms with Gasteiger partial charge < -0.3 is 9.73 Å². The van der Waals surface area contributed by atoms with Gasteiger partial charge in [0.2, 0.25) is 5.95 Å². The van der Waals surface area contributed by atoms with Crippen molar-refractivity contribution in [3.63, 3.8) is 0 Å². The minimum absolute atomic E-state index is 0.615. The van der Waals surface area contributed by atoms with E-state index in [0.717, 1.165) is 28.1 Å². The third-order valence-electron chi connectivity index (χ3n) is 2.87. The molecule has 2 heterocycles. The number of fused-ring (bicyclic) bond motifs is 1. The van der Waals surface area contributed by atoms with Gasteiger partial charge in [-0.2, -0.15) is 0 Å². The van der Waals surface area contributed by atoms with Crippen LogP contribution in [0, 0.1) is 13.8 Å². The van der Waals surface area contributed by atoms with Crippen LogP contribution in [0.4, 0.5) is 5.95 Å². The molecule has 0 spiro atoms. The van der Waals surface area contributed by atoms with E-state index in [9.17, 15) is 0 Å². The van der Waals surface area contributed by atoms with Crippen molar-refractivity contribution in [3.8, 4) is 11.3 Å². The molecule has 3 rings (SSSR count). The third kappa shape index (κ3) is 2.14. The number of nitrogens with zero attached hydrogens (tertiary/aromatic N) is 3. The van der Waals surface area contributed by atoms with E-state index in [1.165, 1.54) is 0 Å². The average Bonchev–Trinajstić information content (AvgIpc) is 2.76. The molecule has 1 aromatic carbocycles. The molecular weight excluding hydrogens is 240 g/mol. The number of anilines is 1. The number of rotatable bonds is 2. The van der Waals surface area contributed by atoms with Gasteiger partial charge in [0.15, 0.2) is 11.5 Å². The Balaban J connectivity index is 2.15. The highest BCUT2D eigenvalue weighted by Gasteiger charge is 2.07. The monoisotopic (exact) mass is 254 g/mol. The number of aromatic nitrogens is 3. The SMILES string of the molecule is CNc1nc(C)cc(-c2ccc3nc(C)oc3c2)n1. The van der Waals surface area contributed by atoms with Crippen molar-refractivity contribution in [1.29, 1.82) is 0 Å². The van der Waals surface area contributed by atoms with Gasteiger partial charge in [-0.1, -0.05) is 6.07 Å². The smallest absolute Gasteiger partial charge is 0.223 e. The first-order chi connectivity index (χ1) is 9.15. The van der Waals surface area contributed by atoms with Crippen LogP contribution >= 0.6 is 0 Å². The molecule has 0 atom stereocenters. The number of hydrogen-bond acceptors (Lipinski definition) is 5. The summed E-state index contributed by atoms with van der Waals surface area (Å²) in [4.78, 5) is 13.0. The molecule has 1 N–H and O–H groups in total. The maximum absolute atomic E-state index is 5.55. The molecule has 0 aliphatic carbocycles. The highest BCUT2D eigenvalue weighted by Crippen LogP contribution is 2.24. The molecule has 0 fully saturated rings. The number of benzene rings is 1. The Morgan fingerprint density at radius 1 is 1.05 bits per heavy atom. The molecule has 0 aliphatic heterocycles. The quantitative estimate of drug-likeness (QED) is 0.761. The molecule has 19 heavy (non-hydrogen) atoms. The van der Waals surface area contributed by atoms with Gasteiger partial charge in [-0.3, -0.25) is 0 Å². The zero-order valence-electron chi connectivity index (χ0n) is 11.1. The summed E-state index contributed by atoms with van der Waals surface area (Å²) in [6.07, 6.45) is 0. The standard InChI is InChI=1S/C14H14N4O/c1-8-6-12(18-14(15-3)16-8)10-4-5-11-13(7-10)19-9(2)17-11/h4-7H,1-3H3,(H,15,16,18). The van der Waals surface area contributed by atoms with Crippen molar-refractivity contribution in [3.05, 3.63) is 35.9 Å². The van der Waals surface area contributed by atoms with Crippen molar-refractivity contribution < 1.29 is 4.42 Å². The summed E-state index contributed by atoms with van der Waals surface area (Å²) < 4.78 is 5.55. The van der Waals surface area contributed by atoms with E-state index in [0.29, 0.717) is 11.8 Å². The Bertz CT molecular complexity index is 748. The lowest BCUT2D eigenvalue weighted by molar-refractivity contribution is 0.561. The van der Waals surface area contributed by atoms with Gasteiger partial charge in [0.25, 0.3) is 0 Å². The predicted octanol–water partition coefficient (Wildman–Crippen LogP) is 2.94. The molecule has 5 nitrogen and oxygen atoms in total. The molecule has 0 radical (unpaired) electrons. The minimum Gasteiger partial charge on any atom is -0.441 e. The number of aryl methyl sites for hydroxylation is 2. The lowest BCUT2D eigenvalue weighted by atomic mass is 10.1. The summed E-state index contributed by atoms with van der Waals surface area (Å²) in [5.74, 6) is 1.28. The molecular formula is C14H14N4O. The molecule has 0 saturated carbocycles. The maximum atomic E-state index is 5.55. The van der Waals surface area contributed by atoms with E-state index in [2.05, 4.69) is 20.3 Å². The number of nitrogens with one attached hydrogen (secondary N) is 1. The summed E-state index contributed by atoms with van der Waals surface area (Å²) in [6, 6.07) is 7.84. The van der Waals surface area contributed by atoms with Gasteiger partial charge >= 0.3 is 0 Å². The first-order valence-corrected chi connectivity index (χ1v) is 6.07. The zero-order valence-corrected chi connectivity index (χ0v) is 11.1. The van der Waals surface area contributed by atoms with E-state index >= 15 is 0 Å². The third-order valence-corrected chi connectivity index (χ3v) is 2.87. The summed E-state index contributed by atoms with van der Waals surface area (Å²) >= 11 is 0. The van der Waals surface area contributed by atoms with E-state index < -0.39 is 0 Å². The van der Waals surface area contributed by atoms with Crippen LogP contribution in [0.25, 0.3) is 22.4 Å². The van der Waals surface area contributed by atoms with Crippen LogP contribution in [0.1, 0.15) is 11.6 Å². The molecule has 0 aliphatic rings. The van der Waals surface area contributed by atoms with Crippen LogP contribution in [0.2, 0.25) is 0 Å². The molecule has 0 unspecified atom stereocenters. The average molecular weight is 254 g/mol. The van der Waals surface area contributed by atoms with E-state index in [-0.39, 0.29) is 0 Å². The van der Waals surface area contributed by atoms with Crippen LogP contribution in [-0.2, 0) is 0 Å². The second-order valence-electron chi connectivity index (χ2n) is 4.38. The largest absolute Gasteiger partial charge is 0.441 e. The molecule has 96 valence electrons. The summed E-state index contributed by atoms with van der Waals surface area (Å²) in [5, 5.41) is 2.96. The van der Waals surface area contributed by atoms with Gasteiger partial charge in [-0.25, -0.2) is 15.0 Å². The van der Waals surface area contributed by atoms with Crippen LogP contribution < -0.4 is 5.32 Å². The van der Waals surface area contributed by atoms with Crippen molar-refractivity contribution in [1.82, 2.24) is 15.0 Å². The highest BCUT2D eigenvalue weighted by atomic mass is 16.3. The van der Waals surface area contributed by atoms with Gasteiger partial charge in [0.1, 0.15) is 5.52 Å². The molecule has 0 saturated heterocycles. The predicted molar refractivity (Wildman–Crippen MR) is 74.1 cm³/mol. The first kappa shape index (κ1) is 11.6. The van der Waals surface area contributed by atoms with Crippen LogP contribution in [0.5, 0.6) is 0 Å². The Hall–Kier alpha value is -2.43. The molecule has 3 aromatic rings. The number of hydrogen-bond donors (Lipinski definition) is 1. The summed E-state index contributed by atoms with van der Waals surface area (Å²) in [7, 11) is 1.81. The minimum atomic E-state index is 0.615. The van der Waals surface area contributed by atoms with Gasteiger partial charge in [-0.15, -0.1) is 0 Å². The Morgan fingerprint density at radius 2 is 1.89 bits per heavy atom. The van der Waals surface area contributed by atoms with Crippen LogP contribution in [0.15, 0.2) is 28.7 Å². The second-order valence-corrected chi connectivity index (χ2v) is 4.38. The maximum Gasteiger partial charge on any atom is 0.223 e. The lowest BCUT2D eigenvalue weighted by Gasteiger charge is -2.05. The fourth-order valence-electron chi connectivity index (χ4n) is 2.03. The van der Waals surface area contributed by atoms with Crippen LogP contribution in [0.3, 0.4) is 0 Å². The number of oxazole rings is 1. The second kappa shape index (κ2) is 4.35. The fraction of sp³-hybridized carbons (Fsp3) is 0.214. The normalized spacial score (nSPS) is 10.9. The van der Waals surface area contributed by atoms with Crippen LogP contribution in [-0.4, -0.2) is 22.0 Å². The van der Waals surface area contributed by atoms with Gasteiger partial charge in [-0.05, 0) is 25.1 Å². The molecule has 0 bridgehead atoms. The molecule has 5 heteroatoms. The molecule has 2 aromatic heterocycles. The van der Waals surface area contributed by atoms with Gasteiger partial charge in [0, 0.05) is 25.2 Å². The fourth-order valence-corrected chi connectivity index (χ4v) is 2.03. The first-order valence-electron chi connectivity index (χ1n) is 6.07.